The quantitative estimate of drug-likeness (QED) is 0.261. The first-order chi connectivity index (χ1) is 18.0. The van der Waals surface area contributed by atoms with Gasteiger partial charge >= 0.3 is 0 Å². The number of benzene rings is 5. The Balaban J connectivity index is 1.38. The molecule has 0 saturated carbocycles. The molecule has 5 aromatic carbocycles. The van der Waals surface area contributed by atoms with Gasteiger partial charge < -0.3 is 4.98 Å². The molecular weight excluding hydrogens is 446 g/mol. The molecule has 0 aliphatic heterocycles. The third-order valence-electron chi connectivity index (χ3n) is 8.56. The molecule has 1 aliphatic carbocycles. The number of aromatic nitrogens is 1. The summed E-state index contributed by atoms with van der Waals surface area (Å²) < 4.78 is 0. The molecule has 0 radical (unpaired) electrons. The van der Waals surface area contributed by atoms with E-state index in [0.717, 1.165) is 6.42 Å². The van der Waals surface area contributed by atoms with Crippen LogP contribution in [0.1, 0.15) is 43.0 Å². The molecule has 7 rings (SSSR count). The number of rotatable bonds is 3. The second-order valence-corrected chi connectivity index (χ2v) is 11.0. The van der Waals surface area contributed by atoms with E-state index in [4.69, 9.17) is 0 Å². The SMILES string of the molecule is CCc1ccccc1-c1cc(-c2ccc3c(c2)C(C)(C)c2cc4[nH]c5ccccc5c4cc2-3)ccc1C. The van der Waals surface area contributed by atoms with Gasteiger partial charge in [-0.05, 0) is 99.3 Å². The maximum absolute atomic E-state index is 3.65. The Bertz CT molecular complexity index is 1850. The van der Waals surface area contributed by atoms with E-state index in [-0.39, 0.29) is 5.41 Å². The van der Waals surface area contributed by atoms with Gasteiger partial charge in [0.25, 0.3) is 0 Å². The number of hydrogen-bond acceptors (Lipinski definition) is 0. The fourth-order valence-electron chi connectivity index (χ4n) is 6.44. The lowest BCUT2D eigenvalue weighted by Crippen LogP contribution is -2.15. The number of aryl methyl sites for hydroxylation is 2. The second kappa shape index (κ2) is 7.95. The van der Waals surface area contributed by atoms with Gasteiger partial charge in [-0.25, -0.2) is 0 Å². The van der Waals surface area contributed by atoms with Crippen molar-refractivity contribution < 1.29 is 0 Å². The van der Waals surface area contributed by atoms with Crippen LogP contribution in [0.2, 0.25) is 0 Å². The van der Waals surface area contributed by atoms with Crippen molar-refractivity contribution in [1.29, 1.82) is 0 Å². The Labute approximate surface area is 218 Å². The van der Waals surface area contributed by atoms with E-state index in [2.05, 4.69) is 130 Å². The summed E-state index contributed by atoms with van der Waals surface area (Å²) in [6, 6.07) is 36.2. The molecule has 180 valence electrons. The zero-order valence-corrected chi connectivity index (χ0v) is 21.9. The minimum absolute atomic E-state index is 0.0610. The van der Waals surface area contributed by atoms with E-state index >= 15 is 0 Å². The van der Waals surface area contributed by atoms with Gasteiger partial charge in [-0.2, -0.15) is 0 Å². The monoisotopic (exact) mass is 477 g/mol. The summed E-state index contributed by atoms with van der Waals surface area (Å²) in [5.41, 5.74) is 15.9. The fraction of sp³-hybridized carbons (Fsp3) is 0.167. The molecule has 0 bridgehead atoms. The topological polar surface area (TPSA) is 15.8 Å². The molecule has 1 heteroatoms. The molecule has 0 atom stereocenters. The highest BCUT2D eigenvalue weighted by molar-refractivity contribution is 6.09. The van der Waals surface area contributed by atoms with Crippen LogP contribution in [0.15, 0.2) is 97.1 Å². The van der Waals surface area contributed by atoms with E-state index in [1.54, 1.807) is 0 Å². The molecule has 0 saturated heterocycles. The maximum Gasteiger partial charge on any atom is 0.0468 e. The smallest absolute Gasteiger partial charge is 0.0468 e. The Morgan fingerprint density at radius 1 is 0.595 bits per heavy atom. The van der Waals surface area contributed by atoms with Gasteiger partial charge in [0.1, 0.15) is 0 Å². The van der Waals surface area contributed by atoms with Gasteiger partial charge in [0, 0.05) is 27.2 Å². The molecule has 1 aromatic heterocycles. The highest BCUT2D eigenvalue weighted by Crippen LogP contribution is 2.51. The van der Waals surface area contributed by atoms with Gasteiger partial charge in [-0.15, -0.1) is 0 Å². The van der Waals surface area contributed by atoms with Crippen molar-refractivity contribution in [2.75, 3.05) is 0 Å². The first-order valence-electron chi connectivity index (χ1n) is 13.3. The lowest BCUT2D eigenvalue weighted by atomic mass is 9.81. The Morgan fingerprint density at radius 2 is 1.32 bits per heavy atom. The largest absolute Gasteiger partial charge is 0.355 e. The summed E-state index contributed by atoms with van der Waals surface area (Å²) >= 11 is 0. The average molecular weight is 478 g/mol. The number of H-pyrrole nitrogens is 1. The van der Waals surface area contributed by atoms with Crippen molar-refractivity contribution in [3.63, 3.8) is 0 Å². The van der Waals surface area contributed by atoms with E-state index < -0.39 is 0 Å². The average Bonchev–Trinajstić information content (AvgIpc) is 3.39. The van der Waals surface area contributed by atoms with Crippen LogP contribution in [-0.4, -0.2) is 4.98 Å². The van der Waals surface area contributed by atoms with Gasteiger partial charge in [0.15, 0.2) is 0 Å². The van der Waals surface area contributed by atoms with Crippen LogP contribution >= 0.6 is 0 Å². The van der Waals surface area contributed by atoms with Crippen molar-refractivity contribution in [3.8, 4) is 33.4 Å². The number of fused-ring (bicyclic) bond motifs is 6. The highest BCUT2D eigenvalue weighted by atomic mass is 14.7. The van der Waals surface area contributed by atoms with Gasteiger partial charge in [0.05, 0.1) is 0 Å². The van der Waals surface area contributed by atoms with Crippen LogP contribution in [0.4, 0.5) is 0 Å². The predicted octanol–water partition coefficient (Wildman–Crippen LogP) is 9.83. The minimum Gasteiger partial charge on any atom is -0.355 e. The van der Waals surface area contributed by atoms with Crippen molar-refractivity contribution in [1.82, 2.24) is 4.98 Å². The first kappa shape index (κ1) is 22.1. The third kappa shape index (κ3) is 3.23. The van der Waals surface area contributed by atoms with Crippen molar-refractivity contribution in [3.05, 3.63) is 119 Å². The van der Waals surface area contributed by atoms with Crippen LogP contribution in [0.25, 0.3) is 55.2 Å². The molecule has 0 unspecified atom stereocenters. The predicted molar refractivity (Wildman–Crippen MR) is 158 cm³/mol. The summed E-state index contributed by atoms with van der Waals surface area (Å²) in [6.45, 7) is 9.20. The lowest BCUT2D eigenvalue weighted by molar-refractivity contribution is 0.661. The first-order valence-corrected chi connectivity index (χ1v) is 13.3. The summed E-state index contributed by atoms with van der Waals surface area (Å²) in [5.74, 6) is 0. The van der Waals surface area contributed by atoms with Gasteiger partial charge in [-0.1, -0.05) is 87.5 Å². The van der Waals surface area contributed by atoms with E-state index in [1.807, 2.05) is 0 Å². The number of aromatic amines is 1. The molecule has 1 aliphatic rings. The number of hydrogen-bond donors (Lipinski definition) is 1. The zero-order chi connectivity index (χ0) is 25.3. The Kier molecular flexibility index (Phi) is 4.75. The standard InChI is InChI=1S/C36H31N/c1-5-23-10-6-7-11-26(23)29-18-24(15-14-22(29)2)25-16-17-27-30-20-31-28-12-8-9-13-34(28)37-35(31)21-33(30)36(3,4)32(27)19-25/h6-21,37H,5H2,1-4H3. The molecule has 1 N–H and O–H groups in total. The third-order valence-corrected chi connectivity index (χ3v) is 8.56. The summed E-state index contributed by atoms with van der Waals surface area (Å²) in [5, 5.41) is 2.60. The highest BCUT2D eigenvalue weighted by Gasteiger charge is 2.36. The molecule has 0 amide bonds. The summed E-state index contributed by atoms with van der Waals surface area (Å²) in [4.78, 5) is 3.65. The van der Waals surface area contributed by atoms with Crippen LogP contribution in [0, 0.1) is 6.92 Å². The van der Waals surface area contributed by atoms with E-state index in [1.165, 1.54) is 77.4 Å². The van der Waals surface area contributed by atoms with Crippen LogP contribution in [0.5, 0.6) is 0 Å². The maximum atomic E-state index is 3.65. The van der Waals surface area contributed by atoms with Gasteiger partial charge in [-0.3, -0.25) is 0 Å². The fourth-order valence-corrected chi connectivity index (χ4v) is 6.44. The molecule has 1 nitrogen and oxygen atoms in total. The Morgan fingerprint density at radius 3 is 2.19 bits per heavy atom. The summed E-state index contributed by atoms with van der Waals surface area (Å²) in [6.07, 6.45) is 1.04. The summed E-state index contributed by atoms with van der Waals surface area (Å²) in [7, 11) is 0. The lowest BCUT2D eigenvalue weighted by Gasteiger charge is -2.22. The van der Waals surface area contributed by atoms with Crippen LogP contribution in [-0.2, 0) is 11.8 Å². The molecule has 1 heterocycles. The van der Waals surface area contributed by atoms with Crippen molar-refractivity contribution >= 4 is 21.8 Å². The number of nitrogens with one attached hydrogen (secondary N) is 1. The normalized spacial score (nSPS) is 13.7. The van der Waals surface area contributed by atoms with Crippen LogP contribution < -0.4 is 0 Å². The van der Waals surface area contributed by atoms with E-state index in [9.17, 15) is 0 Å². The zero-order valence-electron chi connectivity index (χ0n) is 21.9. The molecular formula is C36H31N. The Hall–Kier alpha value is -4.10. The van der Waals surface area contributed by atoms with Crippen LogP contribution in [0.3, 0.4) is 0 Å². The molecule has 6 aromatic rings. The van der Waals surface area contributed by atoms with Crippen molar-refractivity contribution in [2.45, 2.75) is 39.5 Å². The van der Waals surface area contributed by atoms with Gasteiger partial charge in [0.2, 0.25) is 0 Å². The second-order valence-electron chi connectivity index (χ2n) is 11.0. The minimum atomic E-state index is -0.0610. The number of para-hydroxylation sites is 1. The molecule has 37 heavy (non-hydrogen) atoms. The molecule has 0 spiro atoms. The molecule has 0 fully saturated rings. The van der Waals surface area contributed by atoms with Crippen molar-refractivity contribution in [2.24, 2.45) is 0 Å². The van der Waals surface area contributed by atoms with E-state index in [0.29, 0.717) is 0 Å².